The number of anilines is 2. The minimum Gasteiger partial charge on any atom is -0.483 e. The molecule has 31 heavy (non-hydrogen) atoms. The SMILES string of the molecule is N#Cc1cc(-c2ccnc(Nc3cc[nH]c(=O)c3)n2)ccc1OC1CCNCC1(F)F. The predicted molar refractivity (Wildman–Crippen MR) is 109 cm³/mol. The molecule has 1 aliphatic heterocycles. The number of ether oxygens (including phenoxy) is 1. The zero-order valence-corrected chi connectivity index (χ0v) is 16.2. The molecular formula is C21H18F2N6O2. The molecule has 158 valence electrons. The number of pyridine rings is 1. The Kier molecular flexibility index (Phi) is 5.60. The number of H-pyrrole nitrogens is 1. The minimum atomic E-state index is -3.02. The Hall–Kier alpha value is -3.84. The summed E-state index contributed by atoms with van der Waals surface area (Å²) in [5, 5.41) is 15.1. The fourth-order valence-corrected chi connectivity index (χ4v) is 3.22. The van der Waals surface area contributed by atoms with Gasteiger partial charge >= 0.3 is 0 Å². The molecule has 1 saturated heterocycles. The van der Waals surface area contributed by atoms with Crippen LogP contribution in [0.3, 0.4) is 0 Å². The standard InChI is InChI=1S/C21H18F2N6O2/c22-21(23)12-25-6-5-18(21)31-17-2-1-13(9-14(17)11-24)16-4-8-27-20(29-16)28-15-3-7-26-19(30)10-15/h1-4,7-10,18,25H,5-6,12H2,(H2,26,27,28,29,30). The molecule has 0 aliphatic carbocycles. The fraction of sp³-hybridized carbons (Fsp3) is 0.238. The number of halogens is 2. The Labute approximate surface area is 175 Å². The summed E-state index contributed by atoms with van der Waals surface area (Å²) in [6, 6.07) is 11.4. The molecule has 0 amide bonds. The highest BCUT2D eigenvalue weighted by Gasteiger charge is 2.43. The minimum absolute atomic E-state index is 0.105. The van der Waals surface area contributed by atoms with Gasteiger partial charge in [0.1, 0.15) is 11.8 Å². The third-order valence-electron chi connectivity index (χ3n) is 4.77. The molecule has 0 radical (unpaired) electrons. The van der Waals surface area contributed by atoms with E-state index in [1.54, 1.807) is 18.2 Å². The van der Waals surface area contributed by atoms with E-state index in [4.69, 9.17) is 4.74 Å². The molecule has 0 saturated carbocycles. The van der Waals surface area contributed by atoms with Gasteiger partial charge in [0.05, 0.1) is 17.8 Å². The van der Waals surface area contributed by atoms with Gasteiger partial charge in [-0.3, -0.25) is 4.79 Å². The summed E-state index contributed by atoms with van der Waals surface area (Å²) < 4.78 is 33.6. The van der Waals surface area contributed by atoms with Crippen LogP contribution >= 0.6 is 0 Å². The van der Waals surface area contributed by atoms with Crippen molar-refractivity contribution in [3.05, 3.63) is 64.7 Å². The highest BCUT2D eigenvalue weighted by Crippen LogP contribution is 2.31. The topological polar surface area (TPSA) is 116 Å². The Morgan fingerprint density at radius 1 is 1.26 bits per heavy atom. The van der Waals surface area contributed by atoms with Gasteiger partial charge in [-0.05, 0) is 36.9 Å². The van der Waals surface area contributed by atoms with E-state index in [0.717, 1.165) is 0 Å². The summed E-state index contributed by atoms with van der Waals surface area (Å²) in [6.45, 7) is -0.0359. The molecule has 4 rings (SSSR count). The van der Waals surface area contributed by atoms with Crippen LogP contribution in [0.1, 0.15) is 12.0 Å². The number of nitrogens with zero attached hydrogens (tertiary/aromatic N) is 3. The van der Waals surface area contributed by atoms with Gasteiger partial charge in [0.15, 0.2) is 6.10 Å². The fourth-order valence-electron chi connectivity index (χ4n) is 3.22. The maximum absolute atomic E-state index is 14.1. The molecular weight excluding hydrogens is 406 g/mol. The van der Waals surface area contributed by atoms with Crippen LogP contribution in [0.15, 0.2) is 53.6 Å². The molecule has 1 fully saturated rings. The summed E-state index contributed by atoms with van der Waals surface area (Å²) in [6.07, 6.45) is 1.88. The van der Waals surface area contributed by atoms with Crippen LogP contribution in [0.5, 0.6) is 5.75 Å². The molecule has 0 bridgehead atoms. The van der Waals surface area contributed by atoms with Crippen LogP contribution in [0, 0.1) is 11.3 Å². The van der Waals surface area contributed by atoms with Crippen molar-refractivity contribution in [2.45, 2.75) is 18.4 Å². The van der Waals surface area contributed by atoms with Crippen molar-refractivity contribution < 1.29 is 13.5 Å². The lowest BCUT2D eigenvalue weighted by Gasteiger charge is -2.32. The molecule has 3 N–H and O–H groups in total. The summed E-state index contributed by atoms with van der Waals surface area (Å²) in [5.41, 5.74) is 1.49. The third kappa shape index (κ3) is 4.67. The number of aromatic amines is 1. The van der Waals surface area contributed by atoms with Crippen LogP contribution in [-0.4, -0.2) is 40.1 Å². The van der Waals surface area contributed by atoms with Gasteiger partial charge in [-0.15, -0.1) is 0 Å². The second-order valence-corrected chi connectivity index (χ2v) is 6.99. The first-order valence-corrected chi connectivity index (χ1v) is 9.53. The first-order chi connectivity index (χ1) is 14.9. The average molecular weight is 424 g/mol. The first-order valence-electron chi connectivity index (χ1n) is 9.53. The largest absolute Gasteiger partial charge is 0.483 e. The van der Waals surface area contributed by atoms with Crippen molar-refractivity contribution in [2.75, 3.05) is 18.4 Å². The van der Waals surface area contributed by atoms with Gasteiger partial charge in [-0.2, -0.15) is 5.26 Å². The lowest BCUT2D eigenvalue weighted by atomic mass is 10.0. The summed E-state index contributed by atoms with van der Waals surface area (Å²) in [4.78, 5) is 22.5. The maximum Gasteiger partial charge on any atom is 0.296 e. The number of nitriles is 1. The number of alkyl halides is 2. The first kappa shape index (κ1) is 20.4. The monoisotopic (exact) mass is 424 g/mol. The van der Waals surface area contributed by atoms with E-state index in [0.29, 0.717) is 23.5 Å². The number of aromatic nitrogens is 3. The molecule has 1 unspecified atom stereocenters. The van der Waals surface area contributed by atoms with Crippen LogP contribution in [-0.2, 0) is 0 Å². The highest BCUT2D eigenvalue weighted by atomic mass is 19.3. The van der Waals surface area contributed by atoms with Gasteiger partial charge in [0.2, 0.25) is 11.5 Å². The van der Waals surface area contributed by atoms with E-state index in [1.807, 2.05) is 6.07 Å². The lowest BCUT2D eigenvalue weighted by molar-refractivity contribution is -0.109. The number of hydrogen-bond acceptors (Lipinski definition) is 7. The second-order valence-electron chi connectivity index (χ2n) is 6.99. The van der Waals surface area contributed by atoms with Crippen molar-refractivity contribution in [1.29, 1.82) is 5.26 Å². The van der Waals surface area contributed by atoms with E-state index in [1.165, 1.54) is 30.6 Å². The number of nitrogens with one attached hydrogen (secondary N) is 3. The van der Waals surface area contributed by atoms with Crippen molar-refractivity contribution in [1.82, 2.24) is 20.3 Å². The molecule has 0 spiro atoms. The van der Waals surface area contributed by atoms with E-state index in [-0.39, 0.29) is 29.2 Å². The van der Waals surface area contributed by atoms with Gasteiger partial charge in [0, 0.05) is 36.1 Å². The smallest absolute Gasteiger partial charge is 0.296 e. The van der Waals surface area contributed by atoms with Gasteiger partial charge in [-0.1, -0.05) is 0 Å². The molecule has 1 atom stereocenters. The Balaban J connectivity index is 1.58. The predicted octanol–water partition coefficient (Wildman–Crippen LogP) is 2.82. The molecule has 2 aromatic heterocycles. The quantitative estimate of drug-likeness (QED) is 0.577. The Morgan fingerprint density at radius 3 is 2.90 bits per heavy atom. The Bertz CT molecular complexity index is 1190. The zero-order chi connectivity index (χ0) is 21.8. The van der Waals surface area contributed by atoms with Gasteiger partial charge in [-0.25, -0.2) is 18.7 Å². The summed E-state index contributed by atoms with van der Waals surface area (Å²) in [5.74, 6) is -2.65. The molecule has 3 aromatic rings. The van der Waals surface area contributed by atoms with Gasteiger partial charge < -0.3 is 20.4 Å². The van der Waals surface area contributed by atoms with Crippen molar-refractivity contribution in [3.63, 3.8) is 0 Å². The van der Waals surface area contributed by atoms with Crippen LogP contribution in [0.4, 0.5) is 20.4 Å². The molecule has 3 heterocycles. The maximum atomic E-state index is 14.1. The van der Waals surface area contributed by atoms with E-state index >= 15 is 0 Å². The van der Waals surface area contributed by atoms with Crippen molar-refractivity contribution in [2.24, 2.45) is 0 Å². The van der Waals surface area contributed by atoms with Crippen LogP contribution in [0.2, 0.25) is 0 Å². The van der Waals surface area contributed by atoms with E-state index in [9.17, 15) is 18.8 Å². The van der Waals surface area contributed by atoms with Crippen molar-refractivity contribution in [3.8, 4) is 23.1 Å². The average Bonchev–Trinajstić information content (AvgIpc) is 2.75. The molecule has 8 nitrogen and oxygen atoms in total. The Morgan fingerprint density at radius 2 is 2.13 bits per heavy atom. The van der Waals surface area contributed by atoms with Gasteiger partial charge in [0.25, 0.3) is 5.92 Å². The van der Waals surface area contributed by atoms with E-state index < -0.39 is 18.6 Å². The number of hydrogen-bond donors (Lipinski definition) is 3. The second kappa shape index (κ2) is 8.49. The zero-order valence-electron chi connectivity index (χ0n) is 16.2. The number of rotatable bonds is 5. The molecule has 1 aliphatic rings. The number of benzene rings is 1. The van der Waals surface area contributed by atoms with E-state index in [2.05, 4.69) is 25.6 Å². The highest BCUT2D eigenvalue weighted by molar-refractivity contribution is 5.65. The summed E-state index contributed by atoms with van der Waals surface area (Å²) >= 11 is 0. The third-order valence-corrected chi connectivity index (χ3v) is 4.77. The van der Waals surface area contributed by atoms with Crippen LogP contribution in [0.25, 0.3) is 11.3 Å². The lowest BCUT2D eigenvalue weighted by Crippen LogP contribution is -2.52. The van der Waals surface area contributed by atoms with Crippen LogP contribution < -0.4 is 20.9 Å². The number of piperidine rings is 1. The normalized spacial score (nSPS) is 17.5. The molecule has 10 heteroatoms. The van der Waals surface area contributed by atoms with Crippen molar-refractivity contribution >= 4 is 11.6 Å². The molecule has 1 aromatic carbocycles. The summed E-state index contributed by atoms with van der Waals surface area (Å²) in [7, 11) is 0.